The van der Waals surface area contributed by atoms with E-state index in [9.17, 15) is 20.3 Å². The van der Waals surface area contributed by atoms with Crippen molar-refractivity contribution in [1.29, 1.82) is 0 Å². The summed E-state index contributed by atoms with van der Waals surface area (Å²) < 4.78 is 21.9. The summed E-state index contributed by atoms with van der Waals surface area (Å²) in [5.41, 5.74) is -0.111. The van der Waals surface area contributed by atoms with E-state index in [0.717, 1.165) is 0 Å². The van der Waals surface area contributed by atoms with Gasteiger partial charge in [0.05, 0.1) is 11.0 Å². The van der Waals surface area contributed by atoms with E-state index in [2.05, 4.69) is 0 Å². The summed E-state index contributed by atoms with van der Waals surface area (Å²) >= 11 is 10.9. The highest BCUT2D eigenvalue weighted by atomic mass is 35.5. The lowest BCUT2D eigenvalue weighted by Crippen LogP contribution is -2.59. The zero-order valence-electron chi connectivity index (χ0n) is 15.6. The van der Waals surface area contributed by atoms with Gasteiger partial charge in [-0.15, -0.1) is 0 Å². The van der Waals surface area contributed by atoms with Crippen molar-refractivity contribution in [2.75, 3.05) is 0 Å². The molecule has 0 saturated carbocycles. The van der Waals surface area contributed by atoms with E-state index in [1.807, 2.05) is 0 Å². The highest BCUT2D eigenvalue weighted by Gasteiger charge is 2.46. The molecule has 2 aromatic rings. The van der Waals surface area contributed by atoms with E-state index in [1.54, 1.807) is 31.2 Å². The average Bonchev–Trinajstić information content (AvgIpc) is 2.71. The summed E-state index contributed by atoms with van der Waals surface area (Å²) in [4.78, 5) is 10.2. The summed E-state index contributed by atoms with van der Waals surface area (Å²) in [5.74, 6) is 0.596. The molecule has 1 aliphatic heterocycles. The van der Waals surface area contributed by atoms with Crippen LogP contribution in [0.15, 0.2) is 48.5 Å². The van der Waals surface area contributed by atoms with Crippen molar-refractivity contribution in [3.05, 3.63) is 63.7 Å². The molecule has 30 heavy (non-hydrogen) atoms. The number of nitro groups is 1. The smallest absolute Gasteiger partial charge is 0.358 e. The first kappa shape index (κ1) is 22.2. The lowest BCUT2D eigenvalue weighted by Gasteiger charge is -2.40. The first-order valence-corrected chi connectivity index (χ1v) is 9.60. The SMILES string of the molecule is C[C@@H]1O[C@H](Oc2ccc(Cl)cc2)[C@@H](O)[C@H](OC(=S)Oc2ccc([N+](=O)[O-])cc2)[C@@H]1O. The van der Waals surface area contributed by atoms with Gasteiger partial charge in [0, 0.05) is 29.4 Å². The number of rotatable bonds is 5. The Hall–Kier alpha value is -2.50. The van der Waals surface area contributed by atoms with Gasteiger partial charge < -0.3 is 29.2 Å². The van der Waals surface area contributed by atoms with Crippen LogP contribution in [0.5, 0.6) is 11.5 Å². The molecule has 1 heterocycles. The molecule has 9 nitrogen and oxygen atoms in total. The number of aliphatic hydroxyl groups excluding tert-OH is 2. The second-order valence-electron chi connectivity index (χ2n) is 6.45. The molecule has 160 valence electrons. The molecule has 1 aliphatic rings. The fourth-order valence-corrected chi connectivity index (χ4v) is 3.08. The predicted octanol–water partition coefficient (Wildman–Crippen LogP) is 2.84. The van der Waals surface area contributed by atoms with Gasteiger partial charge in [-0.3, -0.25) is 10.1 Å². The van der Waals surface area contributed by atoms with Gasteiger partial charge in [0.2, 0.25) is 6.29 Å². The second-order valence-corrected chi connectivity index (χ2v) is 7.22. The molecule has 2 N–H and O–H groups in total. The fraction of sp³-hybridized carbons (Fsp3) is 0.316. The molecule has 0 amide bonds. The summed E-state index contributed by atoms with van der Waals surface area (Å²) in [6, 6.07) is 11.6. The Labute approximate surface area is 181 Å². The van der Waals surface area contributed by atoms with E-state index in [1.165, 1.54) is 24.3 Å². The number of halogens is 1. The molecular weight excluding hydrogens is 438 g/mol. The first-order chi connectivity index (χ1) is 14.2. The molecule has 0 unspecified atom stereocenters. The van der Waals surface area contributed by atoms with Crippen LogP contribution in [-0.2, 0) is 9.47 Å². The normalized spacial score (nSPS) is 25.9. The third-order valence-electron chi connectivity index (χ3n) is 4.33. The van der Waals surface area contributed by atoms with Gasteiger partial charge in [-0.2, -0.15) is 0 Å². The van der Waals surface area contributed by atoms with Crippen molar-refractivity contribution in [3.8, 4) is 11.5 Å². The molecule has 0 aromatic heterocycles. The number of hydrogen-bond donors (Lipinski definition) is 2. The molecule has 2 aromatic carbocycles. The molecule has 0 spiro atoms. The lowest BCUT2D eigenvalue weighted by atomic mass is 10.00. The quantitative estimate of drug-likeness (QED) is 0.398. The molecule has 1 fully saturated rings. The number of hydrogen-bond acceptors (Lipinski definition) is 9. The Morgan fingerprint density at radius 2 is 1.70 bits per heavy atom. The number of nitro benzene ring substituents is 1. The second kappa shape index (κ2) is 9.54. The number of aliphatic hydroxyl groups is 2. The monoisotopic (exact) mass is 455 g/mol. The van der Waals surface area contributed by atoms with Crippen molar-refractivity contribution >= 4 is 34.7 Å². The van der Waals surface area contributed by atoms with E-state index in [0.29, 0.717) is 10.8 Å². The minimum Gasteiger partial charge on any atom is -0.462 e. The number of non-ortho nitro benzene ring substituents is 1. The zero-order chi connectivity index (χ0) is 21.8. The minimum atomic E-state index is -1.40. The third kappa shape index (κ3) is 5.35. The van der Waals surface area contributed by atoms with Crippen molar-refractivity contribution in [3.63, 3.8) is 0 Å². The van der Waals surface area contributed by atoms with Crippen LogP contribution in [0.1, 0.15) is 6.92 Å². The largest absolute Gasteiger partial charge is 0.462 e. The van der Waals surface area contributed by atoms with Crippen LogP contribution >= 0.6 is 23.8 Å². The Bertz CT molecular complexity index is 894. The van der Waals surface area contributed by atoms with Crippen LogP contribution in [0, 0.1) is 10.1 Å². The predicted molar refractivity (Wildman–Crippen MR) is 110 cm³/mol. The molecule has 0 aliphatic carbocycles. The molecule has 0 bridgehead atoms. The Balaban J connectivity index is 1.65. The first-order valence-electron chi connectivity index (χ1n) is 8.81. The van der Waals surface area contributed by atoms with E-state index >= 15 is 0 Å². The summed E-state index contributed by atoms with van der Waals surface area (Å²) in [5, 5.41) is 31.8. The lowest BCUT2D eigenvalue weighted by molar-refractivity contribution is -0.384. The topological polar surface area (TPSA) is 121 Å². The third-order valence-corrected chi connectivity index (χ3v) is 4.76. The molecule has 5 atom stereocenters. The van der Waals surface area contributed by atoms with Crippen molar-refractivity contribution in [1.82, 2.24) is 0 Å². The van der Waals surface area contributed by atoms with Gasteiger partial charge in [0.25, 0.3) is 5.69 Å². The minimum absolute atomic E-state index is 0.111. The van der Waals surface area contributed by atoms with Crippen molar-refractivity contribution < 1.29 is 34.1 Å². The van der Waals surface area contributed by atoms with Gasteiger partial charge >= 0.3 is 5.24 Å². The maximum atomic E-state index is 10.7. The number of nitrogens with zero attached hydrogens (tertiary/aromatic N) is 1. The summed E-state index contributed by atoms with van der Waals surface area (Å²) in [7, 11) is 0. The highest BCUT2D eigenvalue weighted by Crippen LogP contribution is 2.27. The molecule has 3 rings (SSSR count). The molecule has 11 heteroatoms. The Kier molecular flexibility index (Phi) is 7.06. The van der Waals surface area contributed by atoms with Crippen LogP contribution in [0.2, 0.25) is 5.02 Å². The van der Waals surface area contributed by atoms with Gasteiger partial charge in [0.1, 0.15) is 17.6 Å². The maximum absolute atomic E-state index is 10.7. The van der Waals surface area contributed by atoms with Gasteiger partial charge in [-0.25, -0.2) is 0 Å². The zero-order valence-corrected chi connectivity index (χ0v) is 17.2. The van der Waals surface area contributed by atoms with Crippen LogP contribution in [0.4, 0.5) is 5.69 Å². The highest BCUT2D eigenvalue weighted by molar-refractivity contribution is 7.79. The van der Waals surface area contributed by atoms with E-state index in [-0.39, 0.29) is 16.7 Å². The van der Waals surface area contributed by atoms with Crippen molar-refractivity contribution in [2.24, 2.45) is 0 Å². The summed E-state index contributed by atoms with van der Waals surface area (Å²) in [6.07, 6.45) is -5.69. The van der Waals surface area contributed by atoms with Gasteiger partial charge in [-0.05, 0) is 43.3 Å². The summed E-state index contributed by atoms with van der Waals surface area (Å²) in [6.45, 7) is 1.59. The van der Waals surface area contributed by atoms with Crippen LogP contribution in [-0.4, -0.2) is 51.1 Å². The fourth-order valence-electron chi connectivity index (χ4n) is 2.75. The van der Waals surface area contributed by atoms with E-state index < -0.39 is 35.6 Å². The maximum Gasteiger partial charge on any atom is 0.358 e. The Morgan fingerprint density at radius 3 is 2.30 bits per heavy atom. The standard InChI is InChI=1S/C19H18ClNO8S/c1-10-15(22)17(16(23)18(26-10)27-13-6-2-11(20)3-7-13)29-19(30)28-14-8-4-12(5-9-14)21(24)25/h2-10,15-18,22-23H,1H3/t10-,15+,16-,17+,18+/m0/s1. The number of thiocarbonyl (C=S) groups is 1. The number of ether oxygens (including phenoxy) is 4. The molecule has 1 saturated heterocycles. The van der Waals surface area contributed by atoms with E-state index in [4.69, 9.17) is 42.8 Å². The average molecular weight is 456 g/mol. The van der Waals surface area contributed by atoms with Crippen LogP contribution in [0.3, 0.4) is 0 Å². The van der Waals surface area contributed by atoms with Crippen LogP contribution < -0.4 is 9.47 Å². The molecular formula is C19H18ClNO8S. The van der Waals surface area contributed by atoms with Crippen LogP contribution in [0.25, 0.3) is 0 Å². The van der Waals surface area contributed by atoms with Gasteiger partial charge in [-0.1, -0.05) is 11.6 Å². The van der Waals surface area contributed by atoms with Gasteiger partial charge in [0.15, 0.2) is 12.2 Å². The number of benzene rings is 2. The Morgan fingerprint density at radius 1 is 1.10 bits per heavy atom. The van der Waals surface area contributed by atoms with Crippen molar-refractivity contribution in [2.45, 2.75) is 37.6 Å². The molecule has 0 radical (unpaired) electrons.